The molecule has 1 aliphatic carbocycles. The van der Waals surface area contributed by atoms with E-state index in [2.05, 4.69) is 11.9 Å². The molecule has 1 saturated carbocycles. The smallest absolute Gasteiger partial charge is 0.291 e. The summed E-state index contributed by atoms with van der Waals surface area (Å²) in [5, 5.41) is 16.1. The van der Waals surface area contributed by atoms with Crippen LogP contribution in [0.2, 0.25) is 0 Å². The van der Waals surface area contributed by atoms with E-state index in [1.165, 1.54) is 4.57 Å². The van der Waals surface area contributed by atoms with Gasteiger partial charge in [-0.05, 0) is 33.1 Å². The first kappa shape index (κ1) is 11.8. The molecule has 5 heteroatoms. The van der Waals surface area contributed by atoms with Crippen molar-refractivity contribution in [1.29, 1.82) is 10.8 Å². The second kappa shape index (κ2) is 3.68. The SMILES string of the molecule is CCC1(C(=N)n2c(C)c(C)[nH]c(=O)c2=N)CC1.[HH]. The normalized spacial score (nSPS) is 16.9. The van der Waals surface area contributed by atoms with Gasteiger partial charge in [-0.25, -0.2) is 0 Å². The second-order valence-electron chi connectivity index (χ2n) is 4.83. The summed E-state index contributed by atoms with van der Waals surface area (Å²) in [6.45, 7) is 5.69. The monoisotopic (exact) mass is 236 g/mol. The van der Waals surface area contributed by atoms with Crippen LogP contribution in [0.3, 0.4) is 0 Å². The van der Waals surface area contributed by atoms with E-state index in [1.54, 1.807) is 6.92 Å². The first-order valence-electron chi connectivity index (χ1n) is 5.89. The Morgan fingerprint density at radius 3 is 2.59 bits per heavy atom. The molecule has 0 bridgehead atoms. The van der Waals surface area contributed by atoms with Gasteiger partial charge in [-0.3, -0.25) is 20.2 Å². The number of hydrogen-bond acceptors (Lipinski definition) is 3. The maximum Gasteiger partial charge on any atom is 0.291 e. The Kier molecular flexibility index (Phi) is 2.56. The highest BCUT2D eigenvalue weighted by molar-refractivity contribution is 5.90. The fourth-order valence-corrected chi connectivity index (χ4v) is 2.18. The molecule has 0 atom stereocenters. The number of nitrogens with one attached hydrogen (secondary N) is 3. The molecule has 1 aromatic heterocycles. The molecule has 3 N–H and O–H groups in total. The van der Waals surface area contributed by atoms with E-state index in [-0.39, 0.29) is 12.3 Å². The molecule has 17 heavy (non-hydrogen) atoms. The van der Waals surface area contributed by atoms with Crippen LogP contribution in [0.5, 0.6) is 0 Å². The molecule has 94 valence electrons. The maximum atomic E-state index is 11.6. The topological polar surface area (TPSA) is 85.5 Å². The van der Waals surface area contributed by atoms with Crippen molar-refractivity contribution in [3.63, 3.8) is 0 Å². The molecule has 0 saturated heterocycles. The summed E-state index contributed by atoms with van der Waals surface area (Å²) in [4.78, 5) is 14.2. The van der Waals surface area contributed by atoms with Crippen LogP contribution >= 0.6 is 0 Å². The molecule has 0 spiro atoms. The Bertz CT molecular complexity index is 595. The summed E-state index contributed by atoms with van der Waals surface area (Å²) >= 11 is 0. The minimum absolute atomic E-state index is 0. The van der Waals surface area contributed by atoms with Gasteiger partial charge in [0.15, 0.2) is 5.49 Å². The quantitative estimate of drug-likeness (QED) is 0.528. The van der Waals surface area contributed by atoms with E-state index in [1.807, 2.05) is 6.92 Å². The molecular weight excluding hydrogens is 216 g/mol. The summed E-state index contributed by atoms with van der Waals surface area (Å²) in [5.41, 5.74) is 0.829. The van der Waals surface area contributed by atoms with Crippen molar-refractivity contribution in [1.82, 2.24) is 9.55 Å². The van der Waals surface area contributed by atoms with Crippen molar-refractivity contribution < 1.29 is 1.43 Å². The van der Waals surface area contributed by atoms with Crippen LogP contribution in [-0.4, -0.2) is 15.4 Å². The molecular formula is C12H20N4O. The fourth-order valence-electron chi connectivity index (χ4n) is 2.18. The lowest BCUT2D eigenvalue weighted by Gasteiger charge is -2.19. The standard InChI is InChI=1S/C12H18N4O.H2/c1-4-12(5-6-12)11(14)16-8(3)7(2)15-10(17)9(16)13;/h13-14H,4-6H2,1-3H3,(H,15,17);1H. The predicted octanol–water partition coefficient (Wildman–Crippen LogP) is 1.53. The highest BCUT2D eigenvalue weighted by Gasteiger charge is 2.46. The van der Waals surface area contributed by atoms with Gasteiger partial charge in [-0.2, -0.15) is 0 Å². The number of H-pyrrole nitrogens is 1. The van der Waals surface area contributed by atoms with E-state index in [4.69, 9.17) is 10.8 Å². The highest BCUT2D eigenvalue weighted by Crippen LogP contribution is 2.49. The fraction of sp³-hybridized carbons (Fsp3) is 0.583. The van der Waals surface area contributed by atoms with Crippen molar-refractivity contribution in [3.05, 3.63) is 27.2 Å². The number of hydrogen-bond donors (Lipinski definition) is 3. The average molecular weight is 236 g/mol. The van der Waals surface area contributed by atoms with Crippen molar-refractivity contribution >= 4 is 5.84 Å². The molecule has 0 amide bonds. The van der Waals surface area contributed by atoms with E-state index in [0.717, 1.165) is 30.7 Å². The van der Waals surface area contributed by atoms with Gasteiger partial charge in [-0.15, -0.1) is 0 Å². The Balaban J connectivity index is 0.00000162. The molecule has 2 rings (SSSR count). The summed E-state index contributed by atoms with van der Waals surface area (Å²) in [6, 6.07) is 0. The zero-order valence-corrected chi connectivity index (χ0v) is 10.5. The summed E-state index contributed by atoms with van der Waals surface area (Å²) in [6.07, 6.45) is 2.86. The highest BCUT2D eigenvalue weighted by atomic mass is 16.1. The summed E-state index contributed by atoms with van der Waals surface area (Å²) in [5.74, 6) is 0.400. The molecule has 0 aliphatic heterocycles. The third-order valence-corrected chi connectivity index (χ3v) is 3.87. The molecule has 0 unspecified atom stereocenters. The average Bonchev–Trinajstić information content (AvgIpc) is 3.07. The van der Waals surface area contributed by atoms with Crippen molar-refractivity contribution in [3.8, 4) is 0 Å². The van der Waals surface area contributed by atoms with E-state index < -0.39 is 5.56 Å². The largest absolute Gasteiger partial charge is 0.322 e. The zero-order chi connectivity index (χ0) is 12.8. The summed E-state index contributed by atoms with van der Waals surface area (Å²) in [7, 11) is 0. The van der Waals surface area contributed by atoms with E-state index in [9.17, 15) is 4.79 Å². The van der Waals surface area contributed by atoms with Crippen LogP contribution in [0.25, 0.3) is 0 Å². The molecule has 1 aliphatic rings. The molecule has 1 fully saturated rings. The van der Waals surface area contributed by atoms with Crippen LogP contribution in [0, 0.1) is 30.1 Å². The lowest BCUT2D eigenvalue weighted by molar-refractivity contribution is 0.626. The van der Waals surface area contributed by atoms with Gasteiger partial charge in [-0.1, -0.05) is 6.92 Å². The maximum absolute atomic E-state index is 11.6. The molecule has 0 radical (unpaired) electrons. The van der Waals surface area contributed by atoms with Crippen molar-refractivity contribution in [2.75, 3.05) is 0 Å². The summed E-state index contributed by atoms with van der Waals surface area (Å²) < 4.78 is 1.49. The van der Waals surface area contributed by atoms with Gasteiger partial charge < -0.3 is 4.98 Å². The lowest BCUT2D eigenvalue weighted by atomic mass is 10.0. The number of aromatic nitrogens is 2. The molecule has 0 aromatic carbocycles. The minimum Gasteiger partial charge on any atom is -0.322 e. The van der Waals surface area contributed by atoms with Crippen LogP contribution < -0.4 is 11.0 Å². The Morgan fingerprint density at radius 2 is 2.12 bits per heavy atom. The number of nitrogens with zero attached hydrogens (tertiary/aromatic N) is 1. The van der Waals surface area contributed by atoms with Gasteiger partial charge in [0.05, 0.1) is 0 Å². The van der Waals surface area contributed by atoms with Gasteiger partial charge in [0, 0.05) is 18.2 Å². The van der Waals surface area contributed by atoms with Crippen molar-refractivity contribution in [2.24, 2.45) is 5.41 Å². The Hall–Kier alpha value is -1.65. The van der Waals surface area contributed by atoms with Crippen LogP contribution in [0.15, 0.2) is 4.79 Å². The predicted molar refractivity (Wildman–Crippen MR) is 67.6 cm³/mol. The number of aromatic amines is 1. The van der Waals surface area contributed by atoms with Crippen molar-refractivity contribution in [2.45, 2.75) is 40.0 Å². The second-order valence-corrected chi connectivity index (χ2v) is 4.83. The van der Waals surface area contributed by atoms with Crippen LogP contribution in [-0.2, 0) is 0 Å². The first-order valence-corrected chi connectivity index (χ1v) is 5.89. The first-order chi connectivity index (χ1) is 7.93. The zero-order valence-electron chi connectivity index (χ0n) is 10.5. The molecule has 1 aromatic rings. The van der Waals surface area contributed by atoms with Crippen LogP contribution in [0.1, 0.15) is 39.0 Å². The third kappa shape index (κ3) is 1.66. The van der Waals surface area contributed by atoms with Gasteiger partial charge >= 0.3 is 0 Å². The Labute approximate surface area is 101 Å². The van der Waals surface area contributed by atoms with E-state index in [0.29, 0.717) is 5.84 Å². The third-order valence-electron chi connectivity index (χ3n) is 3.87. The van der Waals surface area contributed by atoms with Gasteiger partial charge in [0.1, 0.15) is 5.84 Å². The number of rotatable bonds is 2. The van der Waals surface area contributed by atoms with Gasteiger partial charge in [0.2, 0.25) is 0 Å². The molecule has 5 nitrogen and oxygen atoms in total. The van der Waals surface area contributed by atoms with Gasteiger partial charge in [0.25, 0.3) is 5.56 Å². The minimum atomic E-state index is -0.426. The molecule has 1 heterocycles. The Morgan fingerprint density at radius 1 is 1.53 bits per heavy atom. The number of aryl methyl sites for hydroxylation is 1. The van der Waals surface area contributed by atoms with E-state index >= 15 is 0 Å². The lowest BCUT2D eigenvalue weighted by Crippen LogP contribution is -2.44. The van der Waals surface area contributed by atoms with Crippen LogP contribution in [0.4, 0.5) is 0 Å².